The molecule has 2 aliphatic rings. The Bertz CT molecular complexity index is 525. The number of carbonyl (C=O) groups is 1. The highest BCUT2D eigenvalue weighted by molar-refractivity contribution is 5.89. The Morgan fingerprint density at radius 3 is 2.22 bits per heavy atom. The molecule has 2 amide bonds. The fourth-order valence-electron chi connectivity index (χ4n) is 3.22. The molecule has 0 aliphatic carbocycles. The number of rotatable bonds is 4. The Kier molecular flexibility index (Phi) is 5.46. The summed E-state index contributed by atoms with van der Waals surface area (Å²) in [7, 11) is 0. The summed E-state index contributed by atoms with van der Waals surface area (Å²) in [4.78, 5) is 18.9. The highest BCUT2D eigenvalue weighted by atomic mass is 19.1. The molecule has 2 saturated heterocycles. The van der Waals surface area contributed by atoms with Crippen LogP contribution >= 0.6 is 0 Å². The van der Waals surface area contributed by atoms with Gasteiger partial charge in [0.05, 0.1) is 5.69 Å². The molecule has 23 heavy (non-hydrogen) atoms. The van der Waals surface area contributed by atoms with Crippen molar-refractivity contribution < 1.29 is 9.18 Å². The molecule has 0 unspecified atom stereocenters. The third kappa shape index (κ3) is 4.42. The van der Waals surface area contributed by atoms with E-state index < -0.39 is 5.82 Å². The van der Waals surface area contributed by atoms with Crippen LogP contribution in [0.25, 0.3) is 0 Å². The van der Waals surface area contributed by atoms with E-state index in [4.69, 9.17) is 0 Å². The molecule has 1 N–H and O–H groups in total. The number of anilines is 1. The molecule has 0 spiro atoms. The molecule has 1 aromatic rings. The van der Waals surface area contributed by atoms with E-state index >= 15 is 0 Å². The number of benzene rings is 1. The first-order valence-corrected chi connectivity index (χ1v) is 8.47. The lowest BCUT2D eigenvalue weighted by Gasteiger charge is -2.35. The second-order valence-corrected chi connectivity index (χ2v) is 6.29. The van der Waals surface area contributed by atoms with Gasteiger partial charge in [-0.05, 0) is 38.1 Å². The third-order valence-electron chi connectivity index (χ3n) is 4.71. The molecular weight excluding hydrogens is 295 g/mol. The molecule has 5 nitrogen and oxygen atoms in total. The van der Waals surface area contributed by atoms with Crippen molar-refractivity contribution in [2.75, 3.05) is 57.7 Å². The zero-order valence-corrected chi connectivity index (χ0v) is 13.5. The van der Waals surface area contributed by atoms with Crippen LogP contribution in [0.3, 0.4) is 0 Å². The fraction of sp³-hybridized carbons (Fsp3) is 0.588. The topological polar surface area (TPSA) is 38.8 Å². The number of amides is 2. The van der Waals surface area contributed by atoms with Gasteiger partial charge in [0.1, 0.15) is 5.82 Å². The van der Waals surface area contributed by atoms with Crippen molar-refractivity contribution in [2.24, 2.45) is 0 Å². The molecule has 6 heteroatoms. The quantitative estimate of drug-likeness (QED) is 0.923. The van der Waals surface area contributed by atoms with E-state index in [1.807, 2.05) is 0 Å². The van der Waals surface area contributed by atoms with Gasteiger partial charge in [-0.15, -0.1) is 0 Å². The molecule has 3 rings (SSSR count). The largest absolute Gasteiger partial charge is 0.322 e. The summed E-state index contributed by atoms with van der Waals surface area (Å²) in [5.74, 6) is -0.398. The highest BCUT2D eigenvalue weighted by Gasteiger charge is 2.22. The maximum Gasteiger partial charge on any atom is 0.322 e. The Labute approximate surface area is 137 Å². The molecule has 0 atom stereocenters. The minimum absolute atomic E-state index is 0.214. The van der Waals surface area contributed by atoms with Crippen LogP contribution in [0.5, 0.6) is 0 Å². The van der Waals surface area contributed by atoms with E-state index in [-0.39, 0.29) is 11.7 Å². The number of urea groups is 1. The number of para-hydroxylation sites is 1. The van der Waals surface area contributed by atoms with E-state index in [1.165, 1.54) is 32.0 Å². The van der Waals surface area contributed by atoms with Crippen molar-refractivity contribution in [1.82, 2.24) is 14.7 Å². The van der Waals surface area contributed by atoms with Gasteiger partial charge in [-0.25, -0.2) is 9.18 Å². The van der Waals surface area contributed by atoms with Gasteiger partial charge < -0.3 is 15.1 Å². The lowest BCUT2D eigenvalue weighted by Crippen LogP contribution is -2.51. The monoisotopic (exact) mass is 320 g/mol. The van der Waals surface area contributed by atoms with Gasteiger partial charge in [0.25, 0.3) is 0 Å². The van der Waals surface area contributed by atoms with Gasteiger partial charge in [0, 0.05) is 39.3 Å². The van der Waals surface area contributed by atoms with Crippen LogP contribution < -0.4 is 5.32 Å². The van der Waals surface area contributed by atoms with Crippen molar-refractivity contribution in [2.45, 2.75) is 12.8 Å². The predicted molar refractivity (Wildman–Crippen MR) is 89.1 cm³/mol. The molecule has 2 aliphatic heterocycles. The zero-order valence-electron chi connectivity index (χ0n) is 13.5. The smallest absolute Gasteiger partial charge is 0.322 e. The molecular formula is C17H25FN4O. The number of nitrogens with one attached hydrogen (secondary N) is 1. The maximum absolute atomic E-state index is 13.6. The summed E-state index contributed by atoms with van der Waals surface area (Å²) in [5, 5.41) is 2.66. The number of piperazine rings is 1. The fourth-order valence-corrected chi connectivity index (χ4v) is 3.22. The van der Waals surface area contributed by atoms with Crippen LogP contribution in [0.1, 0.15) is 12.8 Å². The molecule has 0 bridgehead atoms. The lowest BCUT2D eigenvalue weighted by molar-refractivity contribution is 0.137. The van der Waals surface area contributed by atoms with E-state index in [0.29, 0.717) is 13.1 Å². The van der Waals surface area contributed by atoms with Gasteiger partial charge in [-0.3, -0.25) is 4.90 Å². The van der Waals surface area contributed by atoms with Crippen molar-refractivity contribution in [1.29, 1.82) is 0 Å². The SMILES string of the molecule is O=C(Nc1ccccc1F)N1CCN(CCN2CCCC2)CC1. The number of hydrogen-bond donors (Lipinski definition) is 1. The molecule has 1 aromatic carbocycles. The number of halogens is 1. The van der Waals surface area contributed by atoms with Gasteiger partial charge in [-0.2, -0.15) is 0 Å². The maximum atomic E-state index is 13.6. The number of hydrogen-bond acceptors (Lipinski definition) is 3. The summed E-state index contributed by atoms with van der Waals surface area (Å²) in [6, 6.07) is 6.05. The van der Waals surface area contributed by atoms with Crippen LogP contribution in [-0.4, -0.2) is 73.1 Å². The lowest BCUT2D eigenvalue weighted by atomic mass is 10.3. The summed E-state index contributed by atoms with van der Waals surface area (Å²) >= 11 is 0. The first-order valence-electron chi connectivity index (χ1n) is 8.47. The Hall–Kier alpha value is -1.66. The van der Waals surface area contributed by atoms with E-state index in [0.717, 1.165) is 26.2 Å². The molecule has 0 aromatic heterocycles. The minimum Gasteiger partial charge on any atom is -0.322 e. The van der Waals surface area contributed by atoms with Crippen LogP contribution in [0.2, 0.25) is 0 Å². The Morgan fingerprint density at radius 2 is 1.57 bits per heavy atom. The third-order valence-corrected chi connectivity index (χ3v) is 4.71. The average molecular weight is 320 g/mol. The molecule has 0 saturated carbocycles. The molecule has 2 fully saturated rings. The van der Waals surface area contributed by atoms with Crippen LogP contribution in [0.15, 0.2) is 24.3 Å². The summed E-state index contributed by atoms with van der Waals surface area (Å²) in [6.45, 7) is 7.82. The van der Waals surface area contributed by atoms with Gasteiger partial charge >= 0.3 is 6.03 Å². The Balaban J connectivity index is 1.41. The number of carbonyl (C=O) groups excluding carboxylic acids is 1. The van der Waals surface area contributed by atoms with Gasteiger partial charge in [0.2, 0.25) is 0 Å². The summed E-state index contributed by atoms with van der Waals surface area (Å²) < 4.78 is 13.6. The van der Waals surface area contributed by atoms with Crippen molar-refractivity contribution in [3.8, 4) is 0 Å². The molecule has 2 heterocycles. The first kappa shape index (κ1) is 16.2. The minimum atomic E-state index is -0.398. The summed E-state index contributed by atoms with van der Waals surface area (Å²) in [5.41, 5.74) is 0.244. The number of likely N-dealkylation sites (tertiary alicyclic amines) is 1. The van der Waals surface area contributed by atoms with Crippen molar-refractivity contribution in [3.63, 3.8) is 0 Å². The second kappa shape index (κ2) is 7.75. The second-order valence-electron chi connectivity index (χ2n) is 6.29. The molecule has 126 valence electrons. The Morgan fingerprint density at radius 1 is 0.957 bits per heavy atom. The van der Waals surface area contributed by atoms with Gasteiger partial charge in [0.15, 0.2) is 0 Å². The van der Waals surface area contributed by atoms with Crippen LogP contribution in [0.4, 0.5) is 14.9 Å². The predicted octanol–water partition coefficient (Wildman–Crippen LogP) is 2.07. The van der Waals surface area contributed by atoms with E-state index in [9.17, 15) is 9.18 Å². The molecule has 0 radical (unpaired) electrons. The average Bonchev–Trinajstić information content (AvgIpc) is 3.09. The van der Waals surface area contributed by atoms with Crippen LogP contribution in [-0.2, 0) is 0 Å². The standard InChI is InChI=1S/C17H25FN4O/c18-15-5-1-2-6-16(15)19-17(23)22-13-11-21(12-14-22)10-9-20-7-3-4-8-20/h1-2,5-6H,3-4,7-14H2,(H,19,23). The van der Waals surface area contributed by atoms with E-state index in [2.05, 4.69) is 15.1 Å². The highest BCUT2D eigenvalue weighted by Crippen LogP contribution is 2.14. The van der Waals surface area contributed by atoms with Crippen molar-refractivity contribution in [3.05, 3.63) is 30.1 Å². The summed E-state index contributed by atoms with van der Waals surface area (Å²) in [6.07, 6.45) is 2.65. The first-order chi connectivity index (χ1) is 11.2. The van der Waals surface area contributed by atoms with Crippen LogP contribution in [0, 0.1) is 5.82 Å². The van der Waals surface area contributed by atoms with Gasteiger partial charge in [-0.1, -0.05) is 12.1 Å². The zero-order chi connectivity index (χ0) is 16.1. The number of nitrogens with zero attached hydrogens (tertiary/aromatic N) is 3. The normalized spacial score (nSPS) is 20.0. The van der Waals surface area contributed by atoms with Crippen molar-refractivity contribution >= 4 is 11.7 Å². The van der Waals surface area contributed by atoms with E-state index in [1.54, 1.807) is 23.1 Å².